The summed E-state index contributed by atoms with van der Waals surface area (Å²) in [6.07, 6.45) is 6.63. The Morgan fingerprint density at radius 1 is 1.20 bits per heavy atom. The van der Waals surface area contributed by atoms with Crippen molar-refractivity contribution in [2.24, 2.45) is 11.8 Å². The van der Waals surface area contributed by atoms with E-state index in [2.05, 4.69) is 5.32 Å². The lowest BCUT2D eigenvalue weighted by molar-refractivity contribution is -0.145. The predicted molar refractivity (Wildman–Crippen MR) is 94.7 cm³/mol. The van der Waals surface area contributed by atoms with Crippen LogP contribution in [-0.4, -0.2) is 37.7 Å². The minimum absolute atomic E-state index is 0.00433. The lowest BCUT2D eigenvalue weighted by atomic mass is 9.79. The summed E-state index contributed by atoms with van der Waals surface area (Å²) >= 11 is 0. The molecule has 0 unspecified atom stereocenters. The van der Waals surface area contributed by atoms with Crippen molar-refractivity contribution in [3.05, 3.63) is 29.8 Å². The highest BCUT2D eigenvalue weighted by Crippen LogP contribution is 2.30. The second kappa shape index (κ2) is 9.11. The molecule has 1 aromatic rings. The Kier molecular flexibility index (Phi) is 6.86. The molecule has 1 amide bonds. The van der Waals surface area contributed by atoms with E-state index in [9.17, 15) is 14.7 Å². The Balaban J connectivity index is 1.91. The number of ether oxygens (including phenoxy) is 2. The van der Waals surface area contributed by atoms with Gasteiger partial charge in [-0.25, -0.2) is 0 Å². The molecule has 0 spiro atoms. The van der Waals surface area contributed by atoms with Crippen LogP contribution in [-0.2, 0) is 9.59 Å². The first-order chi connectivity index (χ1) is 12.0. The molecular formula is C19H25NO5. The number of carboxylic acid groups (broad SMARTS) is 1. The zero-order valence-electron chi connectivity index (χ0n) is 14.7. The normalized spacial score (nSPS) is 20.2. The van der Waals surface area contributed by atoms with Crippen molar-refractivity contribution in [3.8, 4) is 11.5 Å². The molecule has 2 rings (SSSR count). The molecule has 1 fully saturated rings. The largest absolute Gasteiger partial charge is 0.493 e. The van der Waals surface area contributed by atoms with Crippen LogP contribution in [0.3, 0.4) is 0 Å². The molecule has 1 aliphatic carbocycles. The van der Waals surface area contributed by atoms with Crippen LogP contribution in [0.25, 0.3) is 6.08 Å². The first-order valence-electron chi connectivity index (χ1n) is 8.46. The van der Waals surface area contributed by atoms with E-state index in [0.29, 0.717) is 24.5 Å². The maximum atomic E-state index is 12.0. The van der Waals surface area contributed by atoms with E-state index in [1.54, 1.807) is 32.4 Å². The third-order valence-corrected chi connectivity index (χ3v) is 4.60. The molecule has 1 saturated carbocycles. The molecule has 0 aromatic heterocycles. The highest BCUT2D eigenvalue weighted by molar-refractivity contribution is 5.91. The molecule has 6 nitrogen and oxygen atoms in total. The van der Waals surface area contributed by atoms with Gasteiger partial charge in [-0.2, -0.15) is 0 Å². The van der Waals surface area contributed by atoms with E-state index in [1.165, 1.54) is 6.08 Å². The Labute approximate surface area is 147 Å². The first kappa shape index (κ1) is 18.8. The predicted octanol–water partition coefficient (Wildman–Crippen LogP) is 2.72. The Morgan fingerprint density at radius 2 is 1.92 bits per heavy atom. The number of carboxylic acids is 1. The van der Waals surface area contributed by atoms with E-state index in [-0.39, 0.29) is 17.7 Å². The molecule has 136 valence electrons. The lowest BCUT2D eigenvalue weighted by Gasteiger charge is -2.28. The second-order valence-electron chi connectivity index (χ2n) is 6.18. The Morgan fingerprint density at radius 3 is 2.60 bits per heavy atom. The summed E-state index contributed by atoms with van der Waals surface area (Å²) in [5, 5.41) is 12.1. The van der Waals surface area contributed by atoms with Crippen molar-refractivity contribution in [2.45, 2.75) is 25.7 Å². The fraction of sp³-hybridized carbons (Fsp3) is 0.474. The molecule has 0 radical (unpaired) electrons. The summed E-state index contributed by atoms with van der Waals surface area (Å²) in [6.45, 7) is 0.395. The zero-order chi connectivity index (χ0) is 18.2. The molecule has 6 heteroatoms. The Hall–Kier alpha value is -2.50. The van der Waals surface area contributed by atoms with E-state index in [1.807, 2.05) is 6.07 Å². The van der Waals surface area contributed by atoms with Crippen LogP contribution in [0.5, 0.6) is 11.5 Å². The topological polar surface area (TPSA) is 84.9 Å². The first-order valence-corrected chi connectivity index (χ1v) is 8.46. The van der Waals surface area contributed by atoms with Crippen molar-refractivity contribution in [2.75, 3.05) is 20.8 Å². The molecule has 2 N–H and O–H groups in total. The number of amides is 1. The van der Waals surface area contributed by atoms with Gasteiger partial charge in [0.2, 0.25) is 5.91 Å². The van der Waals surface area contributed by atoms with E-state index < -0.39 is 5.97 Å². The van der Waals surface area contributed by atoms with Crippen LogP contribution < -0.4 is 14.8 Å². The van der Waals surface area contributed by atoms with Gasteiger partial charge in [0.1, 0.15) is 0 Å². The average molecular weight is 347 g/mol. The van der Waals surface area contributed by atoms with Crippen LogP contribution in [0.2, 0.25) is 0 Å². The molecule has 1 aliphatic rings. The number of carbonyl (C=O) groups excluding carboxylic acids is 1. The van der Waals surface area contributed by atoms with Gasteiger partial charge in [0.25, 0.3) is 0 Å². The smallest absolute Gasteiger partial charge is 0.306 e. The van der Waals surface area contributed by atoms with Crippen LogP contribution in [0.1, 0.15) is 31.2 Å². The van der Waals surface area contributed by atoms with Crippen molar-refractivity contribution < 1.29 is 24.2 Å². The Bertz CT molecular complexity index is 641. The monoisotopic (exact) mass is 347 g/mol. The summed E-state index contributed by atoms with van der Waals surface area (Å²) in [5.74, 6) is -0.129. The van der Waals surface area contributed by atoms with Gasteiger partial charge in [-0.1, -0.05) is 18.9 Å². The number of hydrogen-bond acceptors (Lipinski definition) is 4. The molecular weight excluding hydrogens is 322 g/mol. The molecule has 0 saturated heterocycles. The third-order valence-electron chi connectivity index (χ3n) is 4.60. The quantitative estimate of drug-likeness (QED) is 0.741. The molecule has 1 aromatic carbocycles. The van der Waals surface area contributed by atoms with Gasteiger partial charge < -0.3 is 19.9 Å². The van der Waals surface area contributed by atoms with Crippen molar-refractivity contribution in [1.82, 2.24) is 5.32 Å². The number of hydrogen-bond donors (Lipinski definition) is 2. The fourth-order valence-corrected chi connectivity index (χ4v) is 3.20. The number of nitrogens with one attached hydrogen (secondary N) is 1. The van der Waals surface area contributed by atoms with Gasteiger partial charge in [0, 0.05) is 12.6 Å². The van der Waals surface area contributed by atoms with E-state index in [0.717, 1.165) is 24.8 Å². The molecule has 0 aliphatic heterocycles. The molecule has 2 atom stereocenters. The van der Waals surface area contributed by atoms with Gasteiger partial charge in [-0.05, 0) is 42.5 Å². The summed E-state index contributed by atoms with van der Waals surface area (Å²) in [7, 11) is 3.12. The van der Waals surface area contributed by atoms with Gasteiger partial charge in [0.15, 0.2) is 11.5 Å². The SMILES string of the molecule is COc1ccc(/C=C/C(=O)NC[C@@H]2CCCC[C@@H]2C(=O)O)cc1OC. The molecule has 0 heterocycles. The average Bonchev–Trinajstić information content (AvgIpc) is 2.64. The summed E-state index contributed by atoms with van der Waals surface area (Å²) in [5.41, 5.74) is 0.814. The highest BCUT2D eigenvalue weighted by Gasteiger charge is 2.30. The van der Waals surface area contributed by atoms with Crippen LogP contribution in [0.15, 0.2) is 24.3 Å². The van der Waals surface area contributed by atoms with Crippen molar-refractivity contribution in [1.29, 1.82) is 0 Å². The van der Waals surface area contributed by atoms with E-state index >= 15 is 0 Å². The minimum Gasteiger partial charge on any atom is -0.493 e. The number of rotatable bonds is 7. The van der Waals surface area contributed by atoms with Gasteiger partial charge in [-0.15, -0.1) is 0 Å². The maximum Gasteiger partial charge on any atom is 0.306 e. The molecule has 0 bridgehead atoms. The summed E-state index contributed by atoms with van der Waals surface area (Å²) in [6, 6.07) is 5.38. The van der Waals surface area contributed by atoms with Gasteiger partial charge in [-0.3, -0.25) is 9.59 Å². The van der Waals surface area contributed by atoms with Gasteiger partial charge >= 0.3 is 5.97 Å². The van der Waals surface area contributed by atoms with Crippen molar-refractivity contribution >= 4 is 18.0 Å². The number of benzene rings is 1. The number of aliphatic carboxylic acids is 1. The standard InChI is InChI=1S/C19H25NO5/c1-24-16-9-7-13(11-17(16)25-2)8-10-18(21)20-12-14-5-3-4-6-15(14)19(22)23/h7-11,14-15H,3-6,12H2,1-2H3,(H,20,21)(H,22,23)/b10-8+/t14-,15-/m0/s1. The maximum absolute atomic E-state index is 12.0. The van der Waals surface area contributed by atoms with Crippen LogP contribution in [0, 0.1) is 11.8 Å². The fourth-order valence-electron chi connectivity index (χ4n) is 3.20. The minimum atomic E-state index is -0.764. The summed E-state index contributed by atoms with van der Waals surface area (Å²) in [4.78, 5) is 23.3. The highest BCUT2D eigenvalue weighted by atomic mass is 16.5. The number of carbonyl (C=O) groups is 2. The number of methoxy groups -OCH3 is 2. The van der Waals surface area contributed by atoms with E-state index in [4.69, 9.17) is 9.47 Å². The lowest BCUT2D eigenvalue weighted by Crippen LogP contribution is -2.36. The van der Waals surface area contributed by atoms with Crippen molar-refractivity contribution in [3.63, 3.8) is 0 Å². The van der Waals surface area contributed by atoms with Crippen LogP contribution >= 0.6 is 0 Å². The second-order valence-corrected chi connectivity index (χ2v) is 6.18. The summed E-state index contributed by atoms with van der Waals surface area (Å²) < 4.78 is 10.4. The van der Waals surface area contributed by atoms with Crippen LogP contribution in [0.4, 0.5) is 0 Å². The zero-order valence-corrected chi connectivity index (χ0v) is 14.7. The van der Waals surface area contributed by atoms with Gasteiger partial charge in [0.05, 0.1) is 20.1 Å². The molecule has 25 heavy (non-hydrogen) atoms. The third kappa shape index (κ3) is 5.24.